The lowest BCUT2D eigenvalue weighted by atomic mass is 9.63. The number of methoxy groups -OCH3 is 1. The van der Waals surface area contributed by atoms with E-state index < -0.39 is 0 Å². The van der Waals surface area contributed by atoms with Crippen molar-refractivity contribution in [3.63, 3.8) is 0 Å². The van der Waals surface area contributed by atoms with E-state index in [2.05, 4.69) is 17.5 Å². The molecule has 4 aliphatic carbocycles. The first-order valence-electron chi connectivity index (χ1n) is 9.06. The molecule has 1 aromatic carbocycles. The fourth-order valence-electron chi connectivity index (χ4n) is 5.22. The average Bonchev–Trinajstić information content (AvgIpc) is 3.43. The van der Waals surface area contributed by atoms with Crippen LogP contribution >= 0.6 is 0 Å². The molecule has 3 fully saturated rings. The summed E-state index contributed by atoms with van der Waals surface area (Å²) in [5, 5.41) is 2.74. The van der Waals surface area contributed by atoms with Gasteiger partial charge < -0.3 is 10.1 Å². The van der Waals surface area contributed by atoms with Crippen molar-refractivity contribution >= 4 is 23.4 Å². The van der Waals surface area contributed by atoms with Crippen LogP contribution in [0.5, 0.6) is 5.75 Å². The zero-order chi connectivity index (χ0) is 18.0. The van der Waals surface area contributed by atoms with Gasteiger partial charge in [-0.05, 0) is 42.2 Å². The van der Waals surface area contributed by atoms with E-state index in [1.54, 1.807) is 31.4 Å². The summed E-state index contributed by atoms with van der Waals surface area (Å²) in [5.41, 5.74) is 0.578. The normalized spacial score (nSPS) is 36.0. The monoisotopic (exact) mass is 352 g/mol. The van der Waals surface area contributed by atoms with Crippen LogP contribution in [-0.4, -0.2) is 36.3 Å². The number of allylic oxidation sites excluding steroid dienone is 2. The maximum absolute atomic E-state index is 12.9. The van der Waals surface area contributed by atoms with Gasteiger partial charge in [0.2, 0.25) is 17.7 Å². The molecule has 1 aromatic rings. The summed E-state index contributed by atoms with van der Waals surface area (Å²) in [6.07, 6.45) is 5.39. The van der Waals surface area contributed by atoms with Crippen molar-refractivity contribution in [1.82, 2.24) is 4.90 Å². The zero-order valence-electron chi connectivity index (χ0n) is 14.4. The number of hydrogen-bond acceptors (Lipinski definition) is 4. The third-order valence-electron chi connectivity index (χ3n) is 6.41. The molecule has 3 amide bonds. The highest BCUT2D eigenvalue weighted by Crippen LogP contribution is 2.65. The highest BCUT2D eigenvalue weighted by molar-refractivity contribution is 6.09. The maximum atomic E-state index is 12.9. The standard InChI is InChI=1S/C20H20N2O4/c1-26-11-4-2-3-10(7-11)21-16(23)9-22-19(24)17-12-5-6-13(15-8-14(12)15)18(17)20(22)25/h2-7,12-15,17-18H,8-9H2,1H3,(H,21,23)/t12-,13+,14-,15-,17+,18+/m1/s1. The zero-order valence-corrected chi connectivity index (χ0v) is 14.4. The highest BCUT2D eigenvalue weighted by atomic mass is 16.5. The molecule has 1 N–H and O–H groups in total. The van der Waals surface area contributed by atoms with E-state index in [0.29, 0.717) is 23.3 Å². The Hall–Kier alpha value is -2.63. The van der Waals surface area contributed by atoms with Crippen molar-refractivity contribution in [2.75, 3.05) is 19.0 Å². The molecule has 0 radical (unpaired) electrons. The molecule has 0 spiro atoms. The number of amides is 3. The summed E-state index contributed by atoms with van der Waals surface area (Å²) in [4.78, 5) is 39.3. The number of ether oxygens (including phenoxy) is 1. The predicted octanol–water partition coefficient (Wildman–Crippen LogP) is 1.69. The van der Waals surface area contributed by atoms with Gasteiger partial charge >= 0.3 is 0 Å². The minimum atomic E-state index is -0.371. The molecule has 0 unspecified atom stereocenters. The van der Waals surface area contributed by atoms with E-state index in [1.807, 2.05) is 0 Å². The van der Waals surface area contributed by atoms with Crippen molar-refractivity contribution in [1.29, 1.82) is 0 Å². The van der Waals surface area contributed by atoms with E-state index in [9.17, 15) is 14.4 Å². The van der Waals surface area contributed by atoms with Crippen LogP contribution in [0.2, 0.25) is 0 Å². The lowest BCUT2D eigenvalue weighted by molar-refractivity contribution is -0.142. The quantitative estimate of drug-likeness (QED) is 0.661. The highest BCUT2D eigenvalue weighted by Gasteiger charge is 2.67. The minimum absolute atomic E-state index is 0.175. The van der Waals surface area contributed by atoms with E-state index in [0.717, 1.165) is 6.42 Å². The molecule has 2 bridgehead atoms. The first-order valence-corrected chi connectivity index (χ1v) is 9.06. The third kappa shape index (κ3) is 2.14. The number of likely N-dealkylation sites (tertiary alicyclic amines) is 1. The number of rotatable bonds is 4. The summed E-state index contributed by atoms with van der Waals surface area (Å²) in [6, 6.07) is 6.99. The second-order valence-corrected chi connectivity index (χ2v) is 7.70. The van der Waals surface area contributed by atoms with Gasteiger partial charge in [-0.25, -0.2) is 0 Å². The molecule has 0 aromatic heterocycles. The Morgan fingerprint density at radius 1 is 1.15 bits per heavy atom. The van der Waals surface area contributed by atoms with Gasteiger partial charge in [0, 0.05) is 11.8 Å². The van der Waals surface area contributed by atoms with Gasteiger partial charge in [0.1, 0.15) is 12.3 Å². The van der Waals surface area contributed by atoms with Crippen LogP contribution in [0.15, 0.2) is 36.4 Å². The smallest absolute Gasteiger partial charge is 0.244 e. The van der Waals surface area contributed by atoms with Crippen LogP contribution in [0.1, 0.15) is 6.42 Å². The van der Waals surface area contributed by atoms with Gasteiger partial charge in [-0.2, -0.15) is 0 Å². The summed E-state index contributed by atoms with van der Waals surface area (Å²) in [5.74, 6) is 0.874. The van der Waals surface area contributed by atoms with Crippen LogP contribution in [0.4, 0.5) is 5.69 Å². The number of hydrogen-bond donors (Lipinski definition) is 1. The van der Waals surface area contributed by atoms with Crippen molar-refractivity contribution in [3.8, 4) is 5.75 Å². The molecular formula is C20H20N2O4. The fourth-order valence-corrected chi connectivity index (χ4v) is 5.22. The first-order chi connectivity index (χ1) is 12.6. The SMILES string of the molecule is COc1cccc(NC(=O)CN2C(=O)[C@H]3[C@@H]4C=C[C@@H]([C@H]5C[C@H]45)[C@@H]3C2=O)c1. The number of benzene rings is 1. The Kier molecular flexibility index (Phi) is 3.26. The molecule has 1 heterocycles. The number of carbonyl (C=O) groups is 3. The lowest BCUT2D eigenvalue weighted by Gasteiger charge is -2.37. The van der Waals surface area contributed by atoms with Crippen LogP contribution in [-0.2, 0) is 14.4 Å². The number of nitrogens with one attached hydrogen (secondary N) is 1. The van der Waals surface area contributed by atoms with Crippen molar-refractivity contribution in [3.05, 3.63) is 36.4 Å². The first kappa shape index (κ1) is 15.6. The molecule has 2 saturated carbocycles. The Labute approximate surface area is 151 Å². The van der Waals surface area contributed by atoms with Gasteiger partial charge in [0.15, 0.2) is 0 Å². The van der Waals surface area contributed by atoms with Crippen LogP contribution in [0.3, 0.4) is 0 Å². The number of carbonyl (C=O) groups excluding carboxylic acids is 3. The van der Waals surface area contributed by atoms with Crippen molar-refractivity contribution in [2.45, 2.75) is 6.42 Å². The molecule has 6 atom stereocenters. The van der Waals surface area contributed by atoms with Crippen molar-refractivity contribution < 1.29 is 19.1 Å². The molecule has 6 nitrogen and oxygen atoms in total. The molecule has 1 aliphatic heterocycles. The third-order valence-corrected chi connectivity index (χ3v) is 6.41. The molecule has 134 valence electrons. The van der Waals surface area contributed by atoms with Crippen LogP contribution in [0.25, 0.3) is 0 Å². The Bertz CT molecular complexity index is 812. The van der Waals surface area contributed by atoms with E-state index >= 15 is 0 Å². The van der Waals surface area contributed by atoms with Gasteiger partial charge in [0.05, 0.1) is 18.9 Å². The molecule has 26 heavy (non-hydrogen) atoms. The second-order valence-electron chi connectivity index (χ2n) is 7.70. The van der Waals surface area contributed by atoms with Gasteiger partial charge in [0.25, 0.3) is 0 Å². The Morgan fingerprint density at radius 2 is 1.81 bits per heavy atom. The molecule has 5 aliphatic rings. The molecular weight excluding hydrogens is 332 g/mol. The number of imide groups is 1. The van der Waals surface area contributed by atoms with E-state index in [4.69, 9.17) is 4.74 Å². The average molecular weight is 352 g/mol. The summed E-state index contributed by atoms with van der Waals surface area (Å²) < 4.78 is 5.14. The molecule has 6 rings (SSSR count). The van der Waals surface area contributed by atoms with Gasteiger partial charge in [-0.15, -0.1) is 0 Å². The number of nitrogens with zero attached hydrogens (tertiary/aromatic N) is 1. The van der Waals surface area contributed by atoms with Crippen LogP contribution in [0, 0.1) is 35.5 Å². The van der Waals surface area contributed by atoms with E-state index in [-0.39, 0.29) is 47.9 Å². The predicted molar refractivity (Wildman–Crippen MR) is 93.0 cm³/mol. The summed E-state index contributed by atoms with van der Waals surface area (Å²) in [7, 11) is 1.55. The minimum Gasteiger partial charge on any atom is -0.497 e. The molecule has 6 heteroatoms. The Morgan fingerprint density at radius 3 is 2.42 bits per heavy atom. The van der Waals surface area contributed by atoms with E-state index in [1.165, 1.54) is 4.90 Å². The fraction of sp³-hybridized carbons (Fsp3) is 0.450. The topological polar surface area (TPSA) is 75.7 Å². The molecule has 1 saturated heterocycles. The van der Waals surface area contributed by atoms with Gasteiger partial charge in [-0.3, -0.25) is 19.3 Å². The Balaban J connectivity index is 1.31. The number of anilines is 1. The summed E-state index contributed by atoms with van der Waals surface area (Å²) >= 11 is 0. The van der Waals surface area contributed by atoms with Crippen molar-refractivity contribution in [2.24, 2.45) is 35.5 Å². The maximum Gasteiger partial charge on any atom is 0.244 e. The summed E-state index contributed by atoms with van der Waals surface area (Å²) in [6.45, 7) is -0.226. The second kappa shape index (κ2) is 5.43. The van der Waals surface area contributed by atoms with Gasteiger partial charge in [-0.1, -0.05) is 18.2 Å². The lowest BCUT2D eigenvalue weighted by Crippen LogP contribution is -2.40. The largest absolute Gasteiger partial charge is 0.497 e. The van der Waals surface area contributed by atoms with Crippen LogP contribution < -0.4 is 10.1 Å².